The molecule has 0 aliphatic heterocycles. The molecule has 1 aromatic carbocycles. The van der Waals surface area contributed by atoms with Gasteiger partial charge in [0.15, 0.2) is 0 Å². The molecule has 4 heteroatoms. The van der Waals surface area contributed by atoms with E-state index in [1.807, 2.05) is 19.1 Å². The predicted octanol–water partition coefficient (Wildman–Crippen LogP) is 2.34. The lowest BCUT2D eigenvalue weighted by Crippen LogP contribution is -2.00. The maximum Gasteiger partial charge on any atom is 0.109 e. The Bertz CT molecular complexity index is 706. The fraction of sp³-hybridized carbons (Fsp3) is 0.214. The number of benzene rings is 1. The number of nitrogens with one attached hydrogen (secondary N) is 1. The first-order valence-corrected chi connectivity index (χ1v) is 6.01. The van der Waals surface area contributed by atoms with E-state index in [1.165, 1.54) is 10.9 Å². The van der Waals surface area contributed by atoms with Crippen molar-refractivity contribution >= 4 is 10.9 Å². The Kier molecular flexibility index (Phi) is 2.45. The van der Waals surface area contributed by atoms with Crippen molar-refractivity contribution in [3.8, 4) is 11.4 Å². The van der Waals surface area contributed by atoms with E-state index in [4.69, 9.17) is 5.73 Å². The van der Waals surface area contributed by atoms with Crippen LogP contribution in [0.25, 0.3) is 22.3 Å². The lowest BCUT2D eigenvalue weighted by Gasteiger charge is -2.03. The number of aryl methyl sites for hydroxylation is 2. The van der Waals surface area contributed by atoms with Gasteiger partial charge < -0.3 is 15.3 Å². The van der Waals surface area contributed by atoms with Crippen LogP contribution < -0.4 is 5.73 Å². The van der Waals surface area contributed by atoms with E-state index in [2.05, 4.69) is 39.8 Å². The zero-order valence-electron chi connectivity index (χ0n) is 10.6. The highest BCUT2D eigenvalue weighted by Crippen LogP contribution is 2.28. The van der Waals surface area contributed by atoms with Gasteiger partial charge >= 0.3 is 0 Å². The van der Waals surface area contributed by atoms with Crippen molar-refractivity contribution in [1.29, 1.82) is 0 Å². The fourth-order valence-electron chi connectivity index (χ4n) is 2.42. The summed E-state index contributed by atoms with van der Waals surface area (Å²) in [5, 5.41) is 1.22. The van der Waals surface area contributed by atoms with Crippen molar-refractivity contribution < 1.29 is 0 Å². The molecule has 0 saturated heterocycles. The summed E-state index contributed by atoms with van der Waals surface area (Å²) in [7, 11) is 2.06. The van der Waals surface area contributed by atoms with Crippen LogP contribution in [-0.2, 0) is 13.6 Å². The van der Waals surface area contributed by atoms with E-state index in [0.717, 1.165) is 22.9 Å². The van der Waals surface area contributed by atoms with E-state index in [9.17, 15) is 0 Å². The molecule has 0 amide bonds. The third-order valence-electron chi connectivity index (χ3n) is 3.30. The Hall–Kier alpha value is -2.07. The molecule has 0 atom stereocenters. The number of rotatable bonds is 2. The monoisotopic (exact) mass is 240 g/mol. The molecular formula is C14H16N4. The summed E-state index contributed by atoms with van der Waals surface area (Å²) in [5.74, 6) is 0.899. The SMILES string of the molecule is Cc1nc(-c2cc3ccccc3n2C)c(CN)[nH]1. The van der Waals surface area contributed by atoms with E-state index in [-0.39, 0.29) is 0 Å². The molecule has 0 unspecified atom stereocenters. The highest BCUT2D eigenvalue weighted by molar-refractivity contribution is 5.86. The molecule has 3 N–H and O–H groups in total. The molecule has 0 fully saturated rings. The topological polar surface area (TPSA) is 59.6 Å². The van der Waals surface area contributed by atoms with Crippen LogP contribution in [0.5, 0.6) is 0 Å². The van der Waals surface area contributed by atoms with Crippen LogP contribution in [0.1, 0.15) is 11.5 Å². The molecule has 0 radical (unpaired) electrons. The summed E-state index contributed by atoms with van der Waals surface area (Å²) in [6.45, 7) is 2.42. The summed E-state index contributed by atoms with van der Waals surface area (Å²) in [5.41, 5.74) is 10.0. The van der Waals surface area contributed by atoms with Crippen molar-refractivity contribution in [3.05, 3.63) is 41.9 Å². The molecule has 2 aromatic heterocycles. The van der Waals surface area contributed by atoms with E-state index in [0.29, 0.717) is 6.54 Å². The maximum atomic E-state index is 5.77. The third kappa shape index (κ3) is 1.54. The second-order valence-corrected chi connectivity index (χ2v) is 4.50. The quantitative estimate of drug-likeness (QED) is 0.722. The molecule has 3 aromatic rings. The molecule has 0 bridgehead atoms. The second kappa shape index (κ2) is 3.99. The fourth-order valence-corrected chi connectivity index (χ4v) is 2.42. The first kappa shape index (κ1) is 11.0. The average Bonchev–Trinajstić information content (AvgIpc) is 2.91. The molecular weight excluding hydrogens is 224 g/mol. The number of para-hydroxylation sites is 1. The van der Waals surface area contributed by atoms with Gasteiger partial charge in [0.25, 0.3) is 0 Å². The van der Waals surface area contributed by atoms with E-state index < -0.39 is 0 Å². The van der Waals surface area contributed by atoms with Gasteiger partial charge in [-0.2, -0.15) is 0 Å². The Labute approximate surface area is 105 Å². The van der Waals surface area contributed by atoms with Gasteiger partial charge in [0.05, 0.1) is 11.4 Å². The number of nitrogens with two attached hydrogens (primary N) is 1. The minimum atomic E-state index is 0.470. The lowest BCUT2D eigenvalue weighted by molar-refractivity contribution is 0.958. The van der Waals surface area contributed by atoms with Gasteiger partial charge in [0, 0.05) is 24.5 Å². The second-order valence-electron chi connectivity index (χ2n) is 4.50. The molecule has 0 saturated carbocycles. The normalized spacial score (nSPS) is 11.3. The van der Waals surface area contributed by atoms with Crippen LogP contribution in [0.4, 0.5) is 0 Å². The molecule has 0 spiro atoms. The van der Waals surface area contributed by atoms with Crippen molar-refractivity contribution in [2.75, 3.05) is 0 Å². The summed E-state index contributed by atoms with van der Waals surface area (Å²) in [4.78, 5) is 7.77. The zero-order chi connectivity index (χ0) is 12.7. The number of fused-ring (bicyclic) bond motifs is 1. The number of aromatic nitrogens is 3. The largest absolute Gasteiger partial charge is 0.344 e. The van der Waals surface area contributed by atoms with Crippen molar-refractivity contribution in [1.82, 2.24) is 14.5 Å². The minimum Gasteiger partial charge on any atom is -0.344 e. The molecule has 2 heterocycles. The van der Waals surface area contributed by atoms with Crippen LogP contribution in [0.2, 0.25) is 0 Å². The van der Waals surface area contributed by atoms with Gasteiger partial charge in [-0.1, -0.05) is 18.2 Å². The number of H-pyrrole nitrogens is 1. The van der Waals surface area contributed by atoms with Crippen molar-refractivity contribution in [2.45, 2.75) is 13.5 Å². The molecule has 18 heavy (non-hydrogen) atoms. The first-order valence-electron chi connectivity index (χ1n) is 6.01. The van der Waals surface area contributed by atoms with Gasteiger partial charge in [-0.05, 0) is 19.1 Å². The van der Waals surface area contributed by atoms with Crippen LogP contribution in [-0.4, -0.2) is 14.5 Å². The van der Waals surface area contributed by atoms with E-state index in [1.54, 1.807) is 0 Å². The van der Waals surface area contributed by atoms with Gasteiger partial charge in [-0.15, -0.1) is 0 Å². The summed E-state index contributed by atoms with van der Waals surface area (Å²) in [6, 6.07) is 10.5. The number of hydrogen-bond acceptors (Lipinski definition) is 2. The van der Waals surface area contributed by atoms with Gasteiger partial charge in [0.1, 0.15) is 11.5 Å². The van der Waals surface area contributed by atoms with Crippen molar-refractivity contribution in [3.63, 3.8) is 0 Å². The van der Waals surface area contributed by atoms with Crippen molar-refractivity contribution in [2.24, 2.45) is 12.8 Å². The Balaban J connectivity index is 2.28. The molecule has 4 nitrogen and oxygen atoms in total. The number of imidazole rings is 1. The van der Waals surface area contributed by atoms with Crippen LogP contribution in [0, 0.1) is 6.92 Å². The smallest absolute Gasteiger partial charge is 0.109 e. The van der Waals surface area contributed by atoms with Crippen LogP contribution in [0.3, 0.4) is 0 Å². The lowest BCUT2D eigenvalue weighted by atomic mass is 10.2. The minimum absolute atomic E-state index is 0.470. The highest BCUT2D eigenvalue weighted by atomic mass is 15.0. The third-order valence-corrected chi connectivity index (χ3v) is 3.30. The summed E-state index contributed by atoms with van der Waals surface area (Å²) < 4.78 is 2.16. The molecule has 3 rings (SSSR count). The maximum absolute atomic E-state index is 5.77. The first-order chi connectivity index (χ1) is 8.70. The average molecular weight is 240 g/mol. The summed E-state index contributed by atoms with van der Waals surface area (Å²) >= 11 is 0. The van der Waals surface area contributed by atoms with Gasteiger partial charge in [-0.3, -0.25) is 0 Å². The Morgan fingerprint density at radius 1 is 1.33 bits per heavy atom. The zero-order valence-corrected chi connectivity index (χ0v) is 10.6. The Morgan fingerprint density at radius 2 is 2.11 bits per heavy atom. The predicted molar refractivity (Wildman–Crippen MR) is 73.1 cm³/mol. The molecule has 92 valence electrons. The number of hydrogen-bond donors (Lipinski definition) is 2. The highest BCUT2D eigenvalue weighted by Gasteiger charge is 2.14. The number of aromatic amines is 1. The van der Waals surface area contributed by atoms with Crippen LogP contribution in [0.15, 0.2) is 30.3 Å². The van der Waals surface area contributed by atoms with E-state index >= 15 is 0 Å². The molecule has 0 aliphatic carbocycles. The Morgan fingerprint density at radius 3 is 2.83 bits per heavy atom. The van der Waals surface area contributed by atoms with Crippen LogP contribution >= 0.6 is 0 Å². The molecule has 0 aliphatic rings. The van der Waals surface area contributed by atoms with Gasteiger partial charge in [0.2, 0.25) is 0 Å². The number of nitrogens with zero attached hydrogens (tertiary/aromatic N) is 2. The standard InChI is InChI=1S/C14H16N4/c1-9-16-11(8-15)14(17-9)13-7-10-5-3-4-6-12(10)18(13)2/h3-7H,8,15H2,1-2H3,(H,16,17). The van der Waals surface area contributed by atoms with Gasteiger partial charge in [-0.25, -0.2) is 4.98 Å². The summed E-state index contributed by atoms with van der Waals surface area (Å²) in [6.07, 6.45) is 0.